The van der Waals surface area contributed by atoms with Gasteiger partial charge < -0.3 is 0 Å². The Morgan fingerprint density at radius 2 is 1.58 bits per heavy atom. The lowest BCUT2D eigenvalue weighted by atomic mass is 9.93. The molecule has 0 nitrogen and oxygen atoms in total. The van der Waals surface area contributed by atoms with E-state index in [9.17, 15) is 0 Å². The zero-order chi connectivity index (χ0) is 9.23. The molecule has 0 aromatic carbocycles. The number of hydrogen-bond acceptors (Lipinski definition) is 0. The Hall–Kier alpha value is -0.260. The first-order chi connectivity index (χ1) is 5.85. The van der Waals surface area contributed by atoms with Gasteiger partial charge in [0.1, 0.15) is 0 Å². The summed E-state index contributed by atoms with van der Waals surface area (Å²) in [6.07, 6.45) is 11.2. The van der Waals surface area contributed by atoms with Gasteiger partial charge in [0.2, 0.25) is 0 Å². The molecule has 0 saturated carbocycles. The third-order valence-electron chi connectivity index (χ3n) is 2.20. The lowest BCUT2D eigenvalue weighted by Crippen LogP contribution is -1.96. The van der Waals surface area contributed by atoms with Gasteiger partial charge in [-0.3, -0.25) is 0 Å². The Kier molecular flexibility index (Phi) is 8.64. The van der Waals surface area contributed by atoms with Gasteiger partial charge in [-0.1, -0.05) is 45.6 Å². The molecule has 0 aromatic rings. The van der Waals surface area contributed by atoms with Crippen LogP contribution < -0.4 is 0 Å². The molecule has 0 aliphatic rings. The first kappa shape index (κ1) is 11.7. The molecule has 0 saturated heterocycles. The van der Waals surface area contributed by atoms with Crippen LogP contribution in [0.1, 0.15) is 58.8 Å². The summed E-state index contributed by atoms with van der Waals surface area (Å²) in [4.78, 5) is 0. The average Bonchev–Trinajstić information content (AvgIpc) is 2.10. The molecule has 0 amide bonds. The topological polar surface area (TPSA) is 0 Å². The highest BCUT2D eigenvalue weighted by Gasteiger charge is 2.05. The highest BCUT2D eigenvalue weighted by atomic mass is 14.1. The van der Waals surface area contributed by atoms with Crippen molar-refractivity contribution in [3.63, 3.8) is 0 Å². The third kappa shape index (κ3) is 6.45. The predicted molar refractivity (Wildman–Crippen MR) is 57.1 cm³/mol. The van der Waals surface area contributed by atoms with Gasteiger partial charge in [0.05, 0.1) is 0 Å². The van der Waals surface area contributed by atoms with Crippen LogP contribution in [0.5, 0.6) is 0 Å². The van der Waals surface area contributed by atoms with Crippen molar-refractivity contribution in [1.29, 1.82) is 0 Å². The van der Waals surface area contributed by atoms with Crippen LogP contribution in [-0.4, -0.2) is 0 Å². The maximum atomic E-state index is 3.80. The van der Waals surface area contributed by atoms with E-state index >= 15 is 0 Å². The maximum Gasteiger partial charge on any atom is -0.0204 e. The molecule has 0 fully saturated rings. The summed E-state index contributed by atoms with van der Waals surface area (Å²) in [7, 11) is 0. The monoisotopic (exact) mass is 167 g/mol. The zero-order valence-electron chi connectivity index (χ0n) is 8.73. The van der Waals surface area contributed by atoms with Crippen molar-refractivity contribution >= 4 is 0 Å². The molecule has 0 N–H and O–H groups in total. The van der Waals surface area contributed by atoms with Crippen molar-refractivity contribution in [2.75, 3.05) is 0 Å². The molecule has 71 valence electrons. The molecular weight excluding hydrogens is 144 g/mol. The minimum absolute atomic E-state index is 1.14. The summed E-state index contributed by atoms with van der Waals surface area (Å²) >= 11 is 0. The summed E-state index contributed by atoms with van der Waals surface area (Å²) in [6, 6.07) is 0. The van der Waals surface area contributed by atoms with Crippen LogP contribution in [0, 0.1) is 5.92 Å². The van der Waals surface area contributed by atoms with Gasteiger partial charge >= 0.3 is 0 Å². The molecular formula is C12H23. The molecule has 0 rings (SSSR count). The summed E-state index contributed by atoms with van der Waals surface area (Å²) in [5.41, 5.74) is 0. The standard InChI is InChI=1S/C12H23/c1-4-7-10-12(9-6-3)11-8-5-2/h6H,3-5,7-11H2,1-2H3. The average molecular weight is 167 g/mol. The summed E-state index contributed by atoms with van der Waals surface area (Å²) in [5, 5.41) is 0. The molecule has 0 aliphatic carbocycles. The lowest BCUT2D eigenvalue weighted by molar-refractivity contribution is 0.618. The zero-order valence-corrected chi connectivity index (χ0v) is 8.73. The lowest BCUT2D eigenvalue weighted by Gasteiger charge is -2.12. The Morgan fingerprint density at radius 1 is 1.08 bits per heavy atom. The van der Waals surface area contributed by atoms with Gasteiger partial charge in [-0.25, -0.2) is 0 Å². The van der Waals surface area contributed by atoms with Crippen molar-refractivity contribution < 1.29 is 0 Å². The van der Waals surface area contributed by atoms with Crippen LogP contribution >= 0.6 is 0 Å². The molecule has 0 aromatic heterocycles. The first-order valence-electron chi connectivity index (χ1n) is 5.29. The fraction of sp³-hybridized carbons (Fsp3) is 0.750. The fourth-order valence-corrected chi connectivity index (χ4v) is 1.39. The van der Waals surface area contributed by atoms with E-state index in [1.54, 1.807) is 5.92 Å². The number of hydrogen-bond donors (Lipinski definition) is 0. The number of rotatable bonds is 8. The normalized spacial score (nSPS) is 10.6. The summed E-state index contributed by atoms with van der Waals surface area (Å²) in [5.74, 6) is 1.70. The predicted octanol–water partition coefficient (Wildman–Crippen LogP) is 4.52. The van der Waals surface area contributed by atoms with E-state index in [-0.39, 0.29) is 0 Å². The van der Waals surface area contributed by atoms with Gasteiger partial charge in [0.15, 0.2) is 0 Å². The van der Waals surface area contributed by atoms with Crippen LogP contribution in [0.2, 0.25) is 0 Å². The van der Waals surface area contributed by atoms with Crippen molar-refractivity contribution in [3.05, 3.63) is 18.6 Å². The van der Waals surface area contributed by atoms with Crippen LogP contribution in [-0.2, 0) is 0 Å². The molecule has 0 unspecified atom stereocenters. The highest BCUT2D eigenvalue weighted by Crippen LogP contribution is 2.21. The second kappa shape index (κ2) is 8.83. The minimum atomic E-state index is 1.14. The van der Waals surface area contributed by atoms with Crippen LogP contribution in [0.15, 0.2) is 12.7 Å². The fourth-order valence-electron chi connectivity index (χ4n) is 1.39. The van der Waals surface area contributed by atoms with Crippen LogP contribution in [0.4, 0.5) is 0 Å². The maximum absolute atomic E-state index is 3.80. The minimum Gasteiger partial charge on any atom is -0.103 e. The molecule has 0 atom stereocenters. The quantitative estimate of drug-likeness (QED) is 0.466. The summed E-state index contributed by atoms with van der Waals surface area (Å²) < 4.78 is 0. The van der Waals surface area contributed by atoms with E-state index < -0.39 is 0 Å². The molecule has 12 heavy (non-hydrogen) atoms. The summed E-state index contributed by atoms with van der Waals surface area (Å²) in [6.45, 7) is 8.31. The largest absolute Gasteiger partial charge is 0.103 e. The van der Waals surface area contributed by atoms with E-state index in [0.717, 1.165) is 6.42 Å². The smallest absolute Gasteiger partial charge is 0.0204 e. The third-order valence-corrected chi connectivity index (χ3v) is 2.20. The van der Waals surface area contributed by atoms with Gasteiger partial charge in [-0.15, -0.1) is 6.58 Å². The number of allylic oxidation sites excluding steroid dienone is 1. The number of unbranched alkanes of at least 4 members (excludes halogenated alkanes) is 2. The van der Waals surface area contributed by atoms with E-state index in [1.165, 1.54) is 38.5 Å². The Morgan fingerprint density at radius 3 is 1.92 bits per heavy atom. The van der Waals surface area contributed by atoms with E-state index in [2.05, 4.69) is 20.4 Å². The van der Waals surface area contributed by atoms with Crippen molar-refractivity contribution in [1.82, 2.24) is 0 Å². The van der Waals surface area contributed by atoms with Crippen LogP contribution in [0.25, 0.3) is 0 Å². The van der Waals surface area contributed by atoms with E-state index in [1.807, 2.05) is 6.08 Å². The molecule has 0 aliphatic heterocycles. The highest BCUT2D eigenvalue weighted by molar-refractivity contribution is 4.95. The SMILES string of the molecule is C=CC[C](CCCC)CCCC. The first-order valence-corrected chi connectivity index (χ1v) is 5.29. The molecule has 1 radical (unpaired) electrons. The Bertz CT molecular complexity index is 86.2. The molecule has 0 spiro atoms. The van der Waals surface area contributed by atoms with Gasteiger partial charge in [-0.05, 0) is 25.2 Å². The molecule has 0 heterocycles. The van der Waals surface area contributed by atoms with Gasteiger partial charge in [0.25, 0.3) is 0 Å². The molecule has 0 bridgehead atoms. The van der Waals surface area contributed by atoms with E-state index in [0.29, 0.717) is 0 Å². The molecule has 0 heteroatoms. The Balaban J connectivity index is 3.46. The van der Waals surface area contributed by atoms with Gasteiger partial charge in [0, 0.05) is 0 Å². The van der Waals surface area contributed by atoms with Crippen molar-refractivity contribution in [3.8, 4) is 0 Å². The second-order valence-electron chi connectivity index (χ2n) is 3.45. The van der Waals surface area contributed by atoms with E-state index in [4.69, 9.17) is 0 Å². The van der Waals surface area contributed by atoms with Gasteiger partial charge in [-0.2, -0.15) is 0 Å². The van der Waals surface area contributed by atoms with Crippen molar-refractivity contribution in [2.24, 2.45) is 0 Å². The Labute approximate surface area is 78.1 Å². The van der Waals surface area contributed by atoms with Crippen LogP contribution in [0.3, 0.4) is 0 Å². The van der Waals surface area contributed by atoms with Crippen molar-refractivity contribution in [2.45, 2.75) is 58.8 Å². The second-order valence-corrected chi connectivity index (χ2v) is 3.45.